The van der Waals surface area contributed by atoms with Crippen LogP contribution in [-0.4, -0.2) is 0 Å². The predicted molar refractivity (Wildman–Crippen MR) is 119 cm³/mol. The zero-order chi connectivity index (χ0) is 19.1. The summed E-state index contributed by atoms with van der Waals surface area (Å²) in [7, 11) is 0. The van der Waals surface area contributed by atoms with E-state index in [1.54, 1.807) is 0 Å². The van der Waals surface area contributed by atoms with Crippen molar-refractivity contribution in [3.63, 3.8) is 0 Å². The Balaban J connectivity index is 1.84. The highest BCUT2D eigenvalue weighted by Crippen LogP contribution is 2.37. The largest absolute Gasteiger partial charge is 0.0619 e. The summed E-state index contributed by atoms with van der Waals surface area (Å²) in [5.74, 6) is 0. The Kier molecular flexibility index (Phi) is 4.13. The summed E-state index contributed by atoms with van der Waals surface area (Å²) in [5.41, 5.74) is 13.7. The van der Waals surface area contributed by atoms with Crippen LogP contribution >= 0.6 is 0 Å². The van der Waals surface area contributed by atoms with Gasteiger partial charge < -0.3 is 0 Å². The molecule has 4 aromatic rings. The van der Waals surface area contributed by atoms with Crippen LogP contribution in [0.2, 0.25) is 0 Å². The van der Waals surface area contributed by atoms with Gasteiger partial charge in [0.2, 0.25) is 0 Å². The van der Waals surface area contributed by atoms with Crippen LogP contribution in [0.25, 0.3) is 22.3 Å². The fourth-order valence-corrected chi connectivity index (χ4v) is 4.55. The SMILES string of the molecule is Cc1ccc2c(c1)Cc1ccccc1-c1ccc(C)cc1Cc1ccccc1-2. The van der Waals surface area contributed by atoms with E-state index in [-0.39, 0.29) is 0 Å². The van der Waals surface area contributed by atoms with Gasteiger partial charge in [-0.3, -0.25) is 0 Å². The first-order valence-corrected chi connectivity index (χ1v) is 10.0. The molecule has 0 N–H and O–H groups in total. The van der Waals surface area contributed by atoms with Crippen molar-refractivity contribution in [1.82, 2.24) is 0 Å². The number of aryl methyl sites for hydroxylation is 2. The minimum Gasteiger partial charge on any atom is -0.0619 e. The van der Waals surface area contributed by atoms with Crippen molar-refractivity contribution in [2.45, 2.75) is 26.7 Å². The molecule has 0 aliphatic heterocycles. The third-order valence-corrected chi connectivity index (χ3v) is 5.90. The van der Waals surface area contributed by atoms with Gasteiger partial charge in [-0.25, -0.2) is 0 Å². The maximum Gasteiger partial charge on any atom is -0.00134 e. The van der Waals surface area contributed by atoms with Gasteiger partial charge in [-0.05, 0) is 71.2 Å². The first-order valence-electron chi connectivity index (χ1n) is 10.0. The molecular weight excluding hydrogens is 336 g/mol. The van der Waals surface area contributed by atoms with Gasteiger partial charge in [-0.15, -0.1) is 0 Å². The van der Waals surface area contributed by atoms with Crippen molar-refractivity contribution >= 4 is 0 Å². The summed E-state index contributed by atoms with van der Waals surface area (Å²) in [6, 6.07) is 31.6. The molecule has 0 amide bonds. The second-order valence-corrected chi connectivity index (χ2v) is 7.99. The highest BCUT2D eigenvalue weighted by molar-refractivity contribution is 5.77. The maximum absolute atomic E-state index is 2.36. The monoisotopic (exact) mass is 360 g/mol. The summed E-state index contributed by atoms with van der Waals surface area (Å²) in [5, 5.41) is 0. The predicted octanol–water partition coefficient (Wildman–Crippen LogP) is 7.13. The number of hydrogen-bond donors (Lipinski definition) is 0. The van der Waals surface area contributed by atoms with Crippen LogP contribution in [0.4, 0.5) is 0 Å². The van der Waals surface area contributed by atoms with Crippen LogP contribution < -0.4 is 0 Å². The summed E-state index contributed by atoms with van der Waals surface area (Å²) in [6.45, 7) is 4.38. The molecule has 0 spiro atoms. The summed E-state index contributed by atoms with van der Waals surface area (Å²) in [4.78, 5) is 0. The van der Waals surface area contributed by atoms with Crippen molar-refractivity contribution in [2.24, 2.45) is 0 Å². The number of benzene rings is 4. The molecule has 0 bridgehead atoms. The Morgan fingerprint density at radius 2 is 0.821 bits per heavy atom. The van der Waals surface area contributed by atoms with E-state index < -0.39 is 0 Å². The standard InChI is InChI=1S/C28H24/c1-19-11-13-27-23(15-19)17-21-7-3-6-10-26(21)28-14-12-20(2)16-24(28)18-22-8-4-5-9-25(22)27/h3-16H,17-18H2,1-2H3. The average Bonchev–Trinajstić information content (AvgIpc) is 2.70. The Bertz CT molecular complexity index is 1090. The van der Waals surface area contributed by atoms with E-state index in [9.17, 15) is 0 Å². The molecule has 0 saturated heterocycles. The summed E-state index contributed by atoms with van der Waals surface area (Å²) >= 11 is 0. The fraction of sp³-hybridized carbons (Fsp3) is 0.143. The van der Waals surface area contributed by atoms with Crippen LogP contribution in [0.1, 0.15) is 33.4 Å². The van der Waals surface area contributed by atoms with Gasteiger partial charge in [0.25, 0.3) is 0 Å². The van der Waals surface area contributed by atoms with Crippen molar-refractivity contribution in [1.29, 1.82) is 0 Å². The number of fused-ring (bicyclic) bond motifs is 6. The van der Waals surface area contributed by atoms with Crippen LogP contribution in [0.15, 0.2) is 84.9 Å². The molecule has 28 heavy (non-hydrogen) atoms. The smallest absolute Gasteiger partial charge is 0.00134 e. The molecule has 1 aliphatic rings. The third kappa shape index (κ3) is 2.96. The molecule has 0 heterocycles. The van der Waals surface area contributed by atoms with Crippen LogP contribution in [-0.2, 0) is 12.8 Å². The van der Waals surface area contributed by atoms with Gasteiger partial charge in [0, 0.05) is 0 Å². The van der Waals surface area contributed by atoms with E-state index >= 15 is 0 Å². The van der Waals surface area contributed by atoms with Gasteiger partial charge in [0.1, 0.15) is 0 Å². The lowest BCUT2D eigenvalue weighted by molar-refractivity contribution is 1.14. The number of rotatable bonds is 0. The van der Waals surface area contributed by atoms with Gasteiger partial charge >= 0.3 is 0 Å². The van der Waals surface area contributed by atoms with E-state index in [0.717, 1.165) is 12.8 Å². The molecule has 136 valence electrons. The van der Waals surface area contributed by atoms with Crippen molar-refractivity contribution in [2.75, 3.05) is 0 Å². The highest BCUT2D eigenvalue weighted by atomic mass is 14.2. The molecule has 0 unspecified atom stereocenters. The fourth-order valence-electron chi connectivity index (χ4n) is 4.55. The van der Waals surface area contributed by atoms with E-state index in [1.807, 2.05) is 0 Å². The van der Waals surface area contributed by atoms with E-state index in [2.05, 4.69) is 98.8 Å². The summed E-state index contributed by atoms with van der Waals surface area (Å²) in [6.07, 6.45) is 1.91. The molecule has 0 aromatic heterocycles. The molecule has 4 aromatic carbocycles. The first-order chi connectivity index (χ1) is 13.7. The molecule has 0 radical (unpaired) electrons. The van der Waals surface area contributed by atoms with Crippen molar-refractivity contribution in [3.8, 4) is 22.3 Å². The molecule has 1 aliphatic carbocycles. The zero-order valence-corrected chi connectivity index (χ0v) is 16.5. The van der Waals surface area contributed by atoms with Crippen molar-refractivity contribution in [3.05, 3.63) is 118 Å². The minimum atomic E-state index is 0.953. The quantitative estimate of drug-likeness (QED) is 0.275. The Labute approximate surface area is 167 Å². The molecule has 0 nitrogen and oxygen atoms in total. The molecule has 0 atom stereocenters. The molecule has 0 saturated carbocycles. The molecule has 5 rings (SSSR count). The van der Waals surface area contributed by atoms with Crippen LogP contribution in [0.5, 0.6) is 0 Å². The van der Waals surface area contributed by atoms with Crippen LogP contribution in [0, 0.1) is 13.8 Å². The lowest BCUT2D eigenvalue weighted by Gasteiger charge is -2.21. The molecule has 0 fully saturated rings. The van der Waals surface area contributed by atoms with Gasteiger partial charge in [0.05, 0.1) is 0 Å². The highest BCUT2D eigenvalue weighted by Gasteiger charge is 2.17. The minimum absolute atomic E-state index is 0.953. The van der Waals surface area contributed by atoms with Gasteiger partial charge in [0.15, 0.2) is 0 Å². The Morgan fingerprint density at radius 3 is 1.29 bits per heavy atom. The lowest BCUT2D eigenvalue weighted by Crippen LogP contribution is -2.03. The van der Waals surface area contributed by atoms with E-state index in [4.69, 9.17) is 0 Å². The van der Waals surface area contributed by atoms with Gasteiger partial charge in [-0.1, -0.05) is 96.1 Å². The number of hydrogen-bond acceptors (Lipinski definition) is 0. The first kappa shape index (κ1) is 17.0. The Morgan fingerprint density at radius 1 is 0.429 bits per heavy atom. The van der Waals surface area contributed by atoms with Crippen LogP contribution in [0.3, 0.4) is 0 Å². The second kappa shape index (κ2) is 6.80. The molecular formula is C28H24. The van der Waals surface area contributed by atoms with E-state index in [1.165, 1.54) is 55.6 Å². The lowest BCUT2D eigenvalue weighted by atomic mass is 9.83. The third-order valence-electron chi connectivity index (χ3n) is 5.90. The maximum atomic E-state index is 2.36. The normalized spacial score (nSPS) is 12.4. The average molecular weight is 361 g/mol. The molecule has 0 heteroatoms. The Hall–Kier alpha value is -3.12. The zero-order valence-electron chi connectivity index (χ0n) is 16.5. The summed E-state index contributed by atoms with van der Waals surface area (Å²) < 4.78 is 0. The van der Waals surface area contributed by atoms with Crippen molar-refractivity contribution < 1.29 is 0 Å². The van der Waals surface area contributed by atoms with E-state index in [0.29, 0.717) is 0 Å². The topological polar surface area (TPSA) is 0 Å². The van der Waals surface area contributed by atoms with Gasteiger partial charge in [-0.2, -0.15) is 0 Å². The second-order valence-electron chi connectivity index (χ2n) is 7.99.